The molecule has 0 spiro atoms. The minimum absolute atomic E-state index is 0. The van der Waals surface area contributed by atoms with Crippen LogP contribution in [0.4, 0.5) is 0 Å². The van der Waals surface area contributed by atoms with Crippen molar-refractivity contribution >= 4 is 0 Å². The van der Waals surface area contributed by atoms with Gasteiger partial charge >= 0.3 is 18.9 Å². The van der Waals surface area contributed by atoms with E-state index in [0.717, 1.165) is 6.42 Å². The summed E-state index contributed by atoms with van der Waals surface area (Å²) < 4.78 is 4.73. The van der Waals surface area contributed by atoms with Gasteiger partial charge in [-0.2, -0.15) is 6.42 Å². The summed E-state index contributed by atoms with van der Waals surface area (Å²) in [4.78, 5) is 0. The first-order valence-electron chi connectivity index (χ1n) is 2.35. The molecule has 0 radical (unpaired) electrons. The molecular formula is C6H11LiO. The van der Waals surface area contributed by atoms with Crippen molar-refractivity contribution in [1.29, 1.82) is 0 Å². The zero-order chi connectivity index (χ0) is 5.54. The third kappa shape index (κ3) is 9.57. The van der Waals surface area contributed by atoms with E-state index in [1.165, 1.54) is 0 Å². The van der Waals surface area contributed by atoms with E-state index < -0.39 is 0 Å². The summed E-state index contributed by atoms with van der Waals surface area (Å²) in [6, 6.07) is 0. The fourth-order valence-electron chi connectivity index (χ4n) is 0.282. The van der Waals surface area contributed by atoms with Crippen LogP contribution in [0.2, 0.25) is 0 Å². The Morgan fingerprint density at radius 3 is 2.50 bits per heavy atom. The van der Waals surface area contributed by atoms with Crippen molar-refractivity contribution in [2.45, 2.75) is 6.42 Å². The van der Waals surface area contributed by atoms with Crippen LogP contribution in [-0.4, -0.2) is 13.7 Å². The van der Waals surface area contributed by atoms with Gasteiger partial charge in [-0.05, 0) is 0 Å². The van der Waals surface area contributed by atoms with Gasteiger partial charge in [-0.1, -0.05) is 6.08 Å². The van der Waals surface area contributed by atoms with Crippen LogP contribution in [0.25, 0.3) is 0 Å². The van der Waals surface area contributed by atoms with Crippen LogP contribution >= 0.6 is 0 Å². The van der Waals surface area contributed by atoms with Crippen molar-refractivity contribution in [1.82, 2.24) is 0 Å². The van der Waals surface area contributed by atoms with Crippen molar-refractivity contribution in [2.75, 3.05) is 13.7 Å². The topological polar surface area (TPSA) is 9.23 Å². The molecule has 0 aliphatic carbocycles. The van der Waals surface area contributed by atoms with E-state index in [9.17, 15) is 0 Å². The van der Waals surface area contributed by atoms with Gasteiger partial charge < -0.3 is 11.7 Å². The van der Waals surface area contributed by atoms with Crippen LogP contribution in [-0.2, 0) is 4.74 Å². The Bertz CT molecular complexity index is 52.5. The molecule has 2 heteroatoms. The Morgan fingerprint density at radius 1 is 1.50 bits per heavy atom. The fraction of sp³-hybridized carbons (Fsp3) is 0.500. The third-order valence-corrected chi connectivity index (χ3v) is 0.596. The van der Waals surface area contributed by atoms with Crippen LogP contribution in [0.3, 0.4) is 0 Å². The Morgan fingerprint density at radius 2 is 2.12 bits per heavy atom. The van der Waals surface area contributed by atoms with Crippen molar-refractivity contribution in [3.05, 3.63) is 19.1 Å². The maximum atomic E-state index is 4.73. The quantitative estimate of drug-likeness (QED) is 0.239. The number of hydrogen-bond acceptors (Lipinski definition) is 1. The van der Waals surface area contributed by atoms with Gasteiger partial charge in [0.2, 0.25) is 0 Å². The number of methoxy groups -OCH3 is 1. The van der Waals surface area contributed by atoms with Gasteiger partial charge in [-0.3, -0.25) is 0 Å². The predicted octanol–water partition coefficient (Wildman–Crippen LogP) is -1.58. The first-order chi connectivity index (χ1) is 3.41. The van der Waals surface area contributed by atoms with Gasteiger partial charge in [0.05, 0.1) is 6.61 Å². The van der Waals surface area contributed by atoms with Crippen LogP contribution in [0.15, 0.2) is 12.2 Å². The van der Waals surface area contributed by atoms with Crippen molar-refractivity contribution in [2.24, 2.45) is 0 Å². The van der Waals surface area contributed by atoms with Crippen LogP contribution in [0.5, 0.6) is 0 Å². The number of rotatable bonds is 3. The largest absolute Gasteiger partial charge is 1.00 e. The molecule has 0 atom stereocenters. The molecule has 0 rings (SSSR count). The van der Waals surface area contributed by atoms with E-state index >= 15 is 0 Å². The molecule has 0 aromatic rings. The maximum absolute atomic E-state index is 4.73. The van der Waals surface area contributed by atoms with Crippen molar-refractivity contribution < 1.29 is 23.6 Å². The molecule has 0 aromatic heterocycles. The molecule has 0 aliphatic rings. The summed E-state index contributed by atoms with van der Waals surface area (Å²) in [5.74, 6) is 0. The van der Waals surface area contributed by atoms with Gasteiger partial charge in [0, 0.05) is 7.11 Å². The van der Waals surface area contributed by atoms with Crippen LogP contribution in [0, 0.1) is 6.92 Å². The molecule has 0 fully saturated rings. The average molecular weight is 106 g/mol. The van der Waals surface area contributed by atoms with E-state index in [-0.39, 0.29) is 18.9 Å². The second-order valence-corrected chi connectivity index (χ2v) is 1.22. The van der Waals surface area contributed by atoms with E-state index in [1.54, 1.807) is 7.11 Å². The standard InChI is InChI=1S/C6H11O.Li/c1-3-4-5-6-7-2;/h4-5H,1,3,6H2,2H3;/q-1;+1/b5-4+;. The number of allylic oxidation sites excluding steroid dienone is 1. The average Bonchev–Trinajstić information content (AvgIpc) is 1.69. The summed E-state index contributed by atoms with van der Waals surface area (Å²) in [6.07, 6.45) is 4.78. The van der Waals surface area contributed by atoms with E-state index in [1.807, 2.05) is 12.2 Å². The zero-order valence-corrected chi connectivity index (χ0v) is 5.68. The summed E-state index contributed by atoms with van der Waals surface area (Å²) in [5, 5.41) is 0. The molecule has 0 heterocycles. The summed E-state index contributed by atoms with van der Waals surface area (Å²) in [7, 11) is 1.67. The molecular weight excluding hydrogens is 95.0 g/mol. The SMILES string of the molecule is [CH2-]C/C=C/COC.[Li+]. The normalized spacial score (nSPS) is 9.25. The van der Waals surface area contributed by atoms with Crippen LogP contribution in [0.1, 0.15) is 6.42 Å². The summed E-state index contributed by atoms with van der Waals surface area (Å²) in [6.45, 7) is 4.32. The first-order valence-corrected chi connectivity index (χ1v) is 2.35. The first kappa shape index (κ1) is 11.1. The predicted molar refractivity (Wildman–Crippen MR) is 31.0 cm³/mol. The van der Waals surface area contributed by atoms with Crippen molar-refractivity contribution in [3.63, 3.8) is 0 Å². The molecule has 0 unspecified atom stereocenters. The molecule has 0 N–H and O–H groups in total. The Labute approximate surface area is 63.3 Å². The number of hydrogen-bond donors (Lipinski definition) is 0. The monoisotopic (exact) mass is 106 g/mol. The van der Waals surface area contributed by atoms with E-state index in [2.05, 4.69) is 6.92 Å². The molecule has 0 saturated carbocycles. The van der Waals surface area contributed by atoms with E-state index in [0.29, 0.717) is 6.61 Å². The van der Waals surface area contributed by atoms with Gasteiger partial charge in [0.1, 0.15) is 0 Å². The minimum Gasteiger partial charge on any atom is -0.381 e. The molecule has 8 heavy (non-hydrogen) atoms. The van der Waals surface area contributed by atoms with Gasteiger partial charge in [0.15, 0.2) is 0 Å². The molecule has 1 nitrogen and oxygen atoms in total. The molecule has 0 amide bonds. The molecule has 0 aliphatic heterocycles. The molecule has 0 aromatic carbocycles. The molecule has 0 bridgehead atoms. The molecule has 42 valence electrons. The zero-order valence-electron chi connectivity index (χ0n) is 5.68. The Hall–Kier alpha value is 0.297. The minimum atomic E-state index is 0. The third-order valence-electron chi connectivity index (χ3n) is 0.596. The fourth-order valence-corrected chi connectivity index (χ4v) is 0.282. The molecule has 0 saturated heterocycles. The smallest absolute Gasteiger partial charge is 0.381 e. The van der Waals surface area contributed by atoms with Gasteiger partial charge in [0.25, 0.3) is 0 Å². The second-order valence-electron chi connectivity index (χ2n) is 1.22. The van der Waals surface area contributed by atoms with Gasteiger partial charge in [-0.15, -0.1) is 6.08 Å². The Balaban J connectivity index is 0. The summed E-state index contributed by atoms with van der Waals surface area (Å²) >= 11 is 0. The maximum Gasteiger partial charge on any atom is 1.00 e. The van der Waals surface area contributed by atoms with E-state index in [4.69, 9.17) is 4.74 Å². The second kappa shape index (κ2) is 10.3. The van der Waals surface area contributed by atoms with Crippen molar-refractivity contribution in [3.8, 4) is 0 Å². The number of ether oxygens (including phenoxy) is 1. The Kier molecular flexibility index (Phi) is 14.4. The summed E-state index contributed by atoms with van der Waals surface area (Å²) in [5.41, 5.74) is 0. The van der Waals surface area contributed by atoms with Crippen LogP contribution < -0.4 is 18.9 Å². The van der Waals surface area contributed by atoms with Gasteiger partial charge in [-0.25, -0.2) is 0 Å².